The van der Waals surface area contributed by atoms with Crippen molar-refractivity contribution in [2.24, 2.45) is 5.92 Å². The lowest BCUT2D eigenvalue weighted by atomic mass is 9.97. The summed E-state index contributed by atoms with van der Waals surface area (Å²) in [5, 5.41) is 7.98. The van der Waals surface area contributed by atoms with Crippen LogP contribution in [0.3, 0.4) is 0 Å². The van der Waals surface area contributed by atoms with Crippen molar-refractivity contribution in [3.05, 3.63) is 75.5 Å². The Labute approximate surface area is 202 Å². The van der Waals surface area contributed by atoms with E-state index in [2.05, 4.69) is 10.2 Å². The Morgan fingerprint density at radius 1 is 1.06 bits per heavy atom. The fourth-order valence-corrected chi connectivity index (χ4v) is 5.16. The number of hydrogen-bond donors (Lipinski definition) is 1. The molecule has 0 spiro atoms. The largest absolute Gasteiger partial charge is 0.336 e. The van der Waals surface area contributed by atoms with E-state index < -0.39 is 5.82 Å². The number of amides is 2. The van der Waals surface area contributed by atoms with Gasteiger partial charge in [0.15, 0.2) is 0 Å². The van der Waals surface area contributed by atoms with Crippen LogP contribution >= 0.6 is 0 Å². The predicted octanol–water partition coefficient (Wildman–Crippen LogP) is 3.51. The highest BCUT2D eigenvalue weighted by atomic mass is 19.1. The Balaban J connectivity index is 1.42. The van der Waals surface area contributed by atoms with Crippen LogP contribution in [0.25, 0.3) is 10.8 Å². The van der Waals surface area contributed by atoms with E-state index in [0.717, 1.165) is 23.8 Å². The minimum atomic E-state index is -0.582. The number of nitrogens with zero attached hydrogens (tertiary/aromatic N) is 3. The van der Waals surface area contributed by atoms with Crippen LogP contribution < -0.4 is 5.56 Å². The molecule has 0 unspecified atom stereocenters. The average Bonchev–Trinajstić information content (AvgIpc) is 3.69. The summed E-state index contributed by atoms with van der Waals surface area (Å²) in [6.45, 7) is 6.23. The number of H-pyrrole nitrogens is 1. The molecule has 2 fully saturated rings. The number of nitrogens with one attached hydrogen (secondary N) is 1. The van der Waals surface area contributed by atoms with E-state index in [0.29, 0.717) is 24.0 Å². The molecule has 182 valence electrons. The van der Waals surface area contributed by atoms with Gasteiger partial charge in [-0.05, 0) is 57.4 Å². The molecule has 8 heteroatoms. The van der Waals surface area contributed by atoms with Crippen molar-refractivity contribution in [1.82, 2.24) is 20.0 Å². The fourth-order valence-electron chi connectivity index (χ4n) is 5.16. The molecule has 35 heavy (non-hydrogen) atoms. The second-order valence-electron chi connectivity index (χ2n) is 9.84. The third-order valence-electron chi connectivity index (χ3n) is 7.42. The highest BCUT2D eigenvalue weighted by Crippen LogP contribution is 2.34. The van der Waals surface area contributed by atoms with Gasteiger partial charge in [-0.1, -0.05) is 24.3 Å². The zero-order valence-corrected chi connectivity index (χ0v) is 20.1. The maximum atomic E-state index is 14.9. The monoisotopic (exact) mass is 476 g/mol. The standard InChI is InChI=1S/C27H29FN4O3/c1-15-14-31(26(34)19-9-10-19)16(2)17(3)32(15)27(35)22-12-18(8-11-23(22)28)13-24-20-6-4-5-7-21(20)25(33)30-29-24/h4-8,11-12,15-17,19H,9-10,13-14H2,1-3H3,(H,30,33)/t15-,16+,17+/m0/s1. The number of benzene rings is 2. The second kappa shape index (κ2) is 8.91. The van der Waals surface area contributed by atoms with E-state index in [1.54, 1.807) is 29.2 Å². The third kappa shape index (κ3) is 4.22. The molecule has 1 N–H and O–H groups in total. The quantitative estimate of drug-likeness (QED) is 0.624. The van der Waals surface area contributed by atoms with Gasteiger partial charge >= 0.3 is 0 Å². The van der Waals surface area contributed by atoms with Gasteiger partial charge in [0.1, 0.15) is 5.82 Å². The average molecular weight is 477 g/mol. The Hall–Kier alpha value is -3.55. The molecule has 1 saturated heterocycles. The number of aromatic nitrogens is 2. The first-order chi connectivity index (χ1) is 16.8. The number of carbonyl (C=O) groups is 2. The van der Waals surface area contributed by atoms with Crippen molar-refractivity contribution < 1.29 is 14.0 Å². The van der Waals surface area contributed by atoms with Crippen molar-refractivity contribution >= 4 is 22.6 Å². The van der Waals surface area contributed by atoms with E-state index in [1.165, 1.54) is 6.07 Å². The smallest absolute Gasteiger partial charge is 0.272 e. The van der Waals surface area contributed by atoms with Gasteiger partial charge in [-0.15, -0.1) is 0 Å². The number of halogens is 1. The molecule has 5 rings (SSSR count). The van der Waals surface area contributed by atoms with Gasteiger partial charge in [0.05, 0.1) is 16.6 Å². The normalized spacial score (nSPS) is 22.5. The van der Waals surface area contributed by atoms with Gasteiger partial charge in [0.25, 0.3) is 11.5 Å². The molecule has 3 atom stereocenters. The Bertz CT molecular complexity index is 1370. The molecule has 1 saturated carbocycles. The summed E-state index contributed by atoms with van der Waals surface area (Å²) < 4.78 is 14.9. The number of rotatable bonds is 4. The summed E-state index contributed by atoms with van der Waals surface area (Å²) in [5.41, 5.74) is 1.10. The molecule has 3 aromatic rings. The molecule has 2 amide bonds. The molecule has 0 radical (unpaired) electrons. The Morgan fingerprint density at radius 3 is 2.49 bits per heavy atom. The van der Waals surface area contributed by atoms with Gasteiger partial charge in [0.2, 0.25) is 5.91 Å². The zero-order chi connectivity index (χ0) is 24.9. The van der Waals surface area contributed by atoms with Gasteiger partial charge in [-0.3, -0.25) is 14.4 Å². The van der Waals surface area contributed by atoms with Crippen molar-refractivity contribution in [3.8, 4) is 0 Å². The highest BCUT2D eigenvalue weighted by molar-refractivity contribution is 5.95. The summed E-state index contributed by atoms with van der Waals surface area (Å²) in [4.78, 5) is 42.0. The Morgan fingerprint density at radius 2 is 1.77 bits per heavy atom. The number of piperazine rings is 1. The molecule has 1 aromatic heterocycles. The molecule has 2 heterocycles. The SMILES string of the molecule is C[C@@H]1[C@@H](C)N(C(=O)c2cc(Cc3n[nH]c(=O)c4ccccc34)ccc2F)[C@@H](C)CN1C(=O)C1CC1. The first-order valence-corrected chi connectivity index (χ1v) is 12.1. The minimum absolute atomic E-state index is 0.00380. The van der Waals surface area contributed by atoms with E-state index in [9.17, 15) is 18.8 Å². The van der Waals surface area contributed by atoms with Crippen LogP contribution in [-0.4, -0.2) is 56.5 Å². The van der Waals surface area contributed by atoms with E-state index in [4.69, 9.17) is 0 Å². The van der Waals surface area contributed by atoms with Crippen LogP contribution in [0.15, 0.2) is 47.3 Å². The maximum absolute atomic E-state index is 14.9. The van der Waals surface area contributed by atoms with Crippen LogP contribution in [0, 0.1) is 11.7 Å². The molecule has 2 aliphatic rings. The van der Waals surface area contributed by atoms with Gasteiger partial charge in [-0.2, -0.15) is 5.10 Å². The number of fused-ring (bicyclic) bond motifs is 1. The summed E-state index contributed by atoms with van der Waals surface area (Å²) in [6, 6.07) is 11.1. The first-order valence-electron chi connectivity index (χ1n) is 12.1. The summed E-state index contributed by atoms with van der Waals surface area (Å²) >= 11 is 0. The third-order valence-corrected chi connectivity index (χ3v) is 7.42. The molecular weight excluding hydrogens is 447 g/mol. The van der Waals surface area contributed by atoms with Crippen molar-refractivity contribution in [1.29, 1.82) is 0 Å². The lowest BCUT2D eigenvalue weighted by molar-refractivity contribution is -0.139. The van der Waals surface area contributed by atoms with E-state index in [-0.39, 0.29) is 47.0 Å². The zero-order valence-electron chi connectivity index (χ0n) is 20.1. The van der Waals surface area contributed by atoms with E-state index >= 15 is 0 Å². The van der Waals surface area contributed by atoms with Crippen molar-refractivity contribution in [2.75, 3.05) is 6.54 Å². The summed E-state index contributed by atoms with van der Waals surface area (Å²) in [6.07, 6.45) is 2.21. The highest BCUT2D eigenvalue weighted by Gasteiger charge is 2.44. The lowest BCUT2D eigenvalue weighted by Crippen LogP contribution is -2.64. The van der Waals surface area contributed by atoms with Gasteiger partial charge < -0.3 is 9.80 Å². The minimum Gasteiger partial charge on any atom is -0.336 e. The summed E-state index contributed by atoms with van der Waals surface area (Å²) in [7, 11) is 0. The molecule has 2 aromatic carbocycles. The van der Waals surface area contributed by atoms with Crippen LogP contribution in [0.5, 0.6) is 0 Å². The summed E-state index contributed by atoms with van der Waals surface area (Å²) in [5.74, 6) is -0.682. The number of hydrogen-bond acceptors (Lipinski definition) is 4. The Kier molecular flexibility index (Phi) is 5.91. The number of carbonyl (C=O) groups excluding carboxylic acids is 2. The van der Waals surface area contributed by atoms with Gasteiger partial charge in [0, 0.05) is 42.4 Å². The van der Waals surface area contributed by atoms with Crippen LogP contribution in [0.4, 0.5) is 4.39 Å². The van der Waals surface area contributed by atoms with E-state index in [1.807, 2.05) is 37.8 Å². The van der Waals surface area contributed by atoms with Crippen molar-refractivity contribution in [2.45, 2.75) is 58.2 Å². The predicted molar refractivity (Wildman–Crippen MR) is 131 cm³/mol. The second-order valence-corrected chi connectivity index (χ2v) is 9.84. The molecule has 0 bridgehead atoms. The topological polar surface area (TPSA) is 86.4 Å². The fraction of sp³-hybridized carbons (Fsp3) is 0.407. The van der Waals surface area contributed by atoms with Crippen LogP contribution in [0.2, 0.25) is 0 Å². The molecular formula is C27H29FN4O3. The lowest BCUT2D eigenvalue weighted by Gasteiger charge is -2.49. The van der Waals surface area contributed by atoms with Crippen molar-refractivity contribution in [3.63, 3.8) is 0 Å². The van der Waals surface area contributed by atoms with Crippen LogP contribution in [0.1, 0.15) is 55.2 Å². The van der Waals surface area contributed by atoms with Crippen LogP contribution in [-0.2, 0) is 11.2 Å². The maximum Gasteiger partial charge on any atom is 0.272 e. The van der Waals surface area contributed by atoms with Gasteiger partial charge in [-0.25, -0.2) is 9.49 Å². The molecule has 7 nitrogen and oxygen atoms in total. The number of aromatic amines is 1. The molecule has 1 aliphatic heterocycles. The first kappa shape index (κ1) is 23.2. The molecule has 1 aliphatic carbocycles.